The molecule has 1 aliphatic rings. The van der Waals surface area contributed by atoms with Crippen molar-refractivity contribution in [1.82, 2.24) is 9.78 Å². The lowest BCUT2D eigenvalue weighted by molar-refractivity contribution is 0.0974. The van der Waals surface area contributed by atoms with Crippen LogP contribution in [0.1, 0.15) is 21.6 Å². The zero-order valence-corrected chi connectivity index (χ0v) is 16.6. The molecule has 4 rings (SSSR count). The lowest BCUT2D eigenvalue weighted by atomic mass is 10.1. The number of halogens is 5. The number of carbonyl (C=O) groups excluding carboxylic acids is 1. The molecule has 1 aromatic heterocycles. The molecule has 1 amide bonds. The third-order valence-electron chi connectivity index (χ3n) is 4.57. The highest BCUT2D eigenvalue weighted by atomic mass is 79.9. The van der Waals surface area contributed by atoms with Crippen molar-refractivity contribution < 1.29 is 18.0 Å². The van der Waals surface area contributed by atoms with Crippen molar-refractivity contribution in [2.75, 3.05) is 11.4 Å². The molecule has 4 nitrogen and oxygen atoms in total. The summed E-state index contributed by atoms with van der Waals surface area (Å²) < 4.78 is 43.6. The molecule has 0 N–H and O–H groups in total. The van der Waals surface area contributed by atoms with Crippen molar-refractivity contribution >= 4 is 39.1 Å². The summed E-state index contributed by atoms with van der Waals surface area (Å²) >= 11 is 9.21. The molecule has 0 radical (unpaired) electrons. The topological polar surface area (TPSA) is 38.1 Å². The van der Waals surface area contributed by atoms with Gasteiger partial charge in [0.15, 0.2) is 11.5 Å². The predicted molar refractivity (Wildman–Crippen MR) is 102 cm³/mol. The fraction of sp³-hybridized carbons (Fsp3) is 0.158. The molecule has 2 heterocycles. The second kappa shape index (κ2) is 7.25. The summed E-state index contributed by atoms with van der Waals surface area (Å²) in [4.78, 5) is 14.2. The van der Waals surface area contributed by atoms with Crippen LogP contribution in [-0.4, -0.2) is 22.2 Å². The van der Waals surface area contributed by atoms with Gasteiger partial charge in [-0.05, 0) is 52.7 Å². The summed E-state index contributed by atoms with van der Waals surface area (Å²) in [7, 11) is 0. The molecular weight excluding hydrogens is 459 g/mol. The second-order valence-electron chi connectivity index (χ2n) is 6.29. The fourth-order valence-electron chi connectivity index (χ4n) is 3.19. The van der Waals surface area contributed by atoms with Gasteiger partial charge < -0.3 is 4.90 Å². The zero-order valence-electron chi connectivity index (χ0n) is 14.2. The standard InChI is InChI=1S/C19H12BrClF3N3O/c20-18-12-6-7-26(15-3-1-2-13(21)16(15)24)19(28)17(12)25-27(18)9-10-8-11(22)4-5-14(10)23/h1-5,8H,6-7,9H2. The minimum atomic E-state index is -0.679. The Labute approximate surface area is 171 Å². The number of benzene rings is 2. The molecule has 1 aliphatic heterocycles. The highest BCUT2D eigenvalue weighted by molar-refractivity contribution is 9.10. The highest BCUT2D eigenvalue weighted by Gasteiger charge is 2.33. The van der Waals surface area contributed by atoms with E-state index in [1.165, 1.54) is 21.7 Å². The Kier molecular flexibility index (Phi) is 4.93. The van der Waals surface area contributed by atoms with Gasteiger partial charge in [-0.2, -0.15) is 5.10 Å². The molecule has 0 aliphatic carbocycles. The van der Waals surface area contributed by atoms with E-state index in [2.05, 4.69) is 21.0 Å². The molecule has 144 valence electrons. The normalized spacial score (nSPS) is 13.8. The van der Waals surface area contributed by atoms with Gasteiger partial charge in [-0.15, -0.1) is 0 Å². The molecule has 2 aromatic carbocycles. The van der Waals surface area contributed by atoms with Gasteiger partial charge in [0.25, 0.3) is 5.91 Å². The van der Waals surface area contributed by atoms with Crippen LogP contribution in [0.2, 0.25) is 5.02 Å². The third kappa shape index (κ3) is 3.20. The maximum atomic E-state index is 14.4. The van der Waals surface area contributed by atoms with Crippen molar-refractivity contribution in [3.63, 3.8) is 0 Å². The van der Waals surface area contributed by atoms with E-state index >= 15 is 0 Å². The van der Waals surface area contributed by atoms with Gasteiger partial charge in [-0.3, -0.25) is 9.48 Å². The number of aromatic nitrogens is 2. The Hall–Kier alpha value is -2.32. The zero-order chi connectivity index (χ0) is 20.0. The van der Waals surface area contributed by atoms with Gasteiger partial charge in [0.2, 0.25) is 0 Å². The summed E-state index contributed by atoms with van der Waals surface area (Å²) in [6.07, 6.45) is 0.416. The van der Waals surface area contributed by atoms with E-state index in [1.807, 2.05) is 0 Å². The van der Waals surface area contributed by atoms with Crippen molar-refractivity contribution in [2.45, 2.75) is 13.0 Å². The van der Waals surface area contributed by atoms with Crippen molar-refractivity contribution in [2.24, 2.45) is 0 Å². The number of fused-ring (bicyclic) bond motifs is 1. The number of anilines is 1. The minimum Gasteiger partial charge on any atom is -0.304 e. The lowest BCUT2D eigenvalue weighted by Crippen LogP contribution is -2.38. The molecular formula is C19H12BrClF3N3O. The maximum absolute atomic E-state index is 14.4. The van der Waals surface area contributed by atoms with E-state index in [0.717, 1.165) is 18.2 Å². The molecule has 28 heavy (non-hydrogen) atoms. The second-order valence-corrected chi connectivity index (χ2v) is 7.45. The van der Waals surface area contributed by atoms with E-state index in [9.17, 15) is 18.0 Å². The van der Waals surface area contributed by atoms with Crippen LogP contribution >= 0.6 is 27.5 Å². The highest BCUT2D eigenvalue weighted by Crippen LogP contribution is 2.32. The predicted octanol–water partition coefficient (Wildman–Crippen LogP) is 4.97. The van der Waals surface area contributed by atoms with Crippen molar-refractivity contribution in [3.8, 4) is 0 Å². The molecule has 9 heteroatoms. The molecule has 0 bridgehead atoms. The van der Waals surface area contributed by atoms with Crippen LogP contribution in [0.4, 0.5) is 18.9 Å². The van der Waals surface area contributed by atoms with E-state index < -0.39 is 23.4 Å². The Morgan fingerprint density at radius 3 is 2.75 bits per heavy atom. The molecule has 0 saturated carbocycles. The van der Waals surface area contributed by atoms with Crippen LogP contribution in [0.25, 0.3) is 0 Å². The average Bonchev–Trinajstić information content (AvgIpc) is 2.98. The van der Waals surface area contributed by atoms with Gasteiger partial charge in [-0.25, -0.2) is 13.2 Å². The first-order chi connectivity index (χ1) is 13.4. The monoisotopic (exact) mass is 469 g/mol. The molecule has 0 atom stereocenters. The summed E-state index contributed by atoms with van der Waals surface area (Å²) in [6, 6.07) is 7.58. The van der Waals surface area contributed by atoms with Crippen molar-refractivity contribution in [3.05, 3.63) is 80.3 Å². The Balaban J connectivity index is 1.70. The summed E-state index contributed by atoms with van der Waals surface area (Å²) in [5.74, 6) is -2.30. The first-order valence-electron chi connectivity index (χ1n) is 8.32. The fourth-order valence-corrected chi connectivity index (χ4v) is 3.95. The molecule has 0 saturated heterocycles. The first-order valence-corrected chi connectivity index (χ1v) is 9.49. The van der Waals surface area contributed by atoms with Crippen molar-refractivity contribution in [1.29, 1.82) is 0 Å². The number of amides is 1. The maximum Gasteiger partial charge on any atom is 0.279 e. The van der Waals surface area contributed by atoms with Gasteiger partial charge >= 0.3 is 0 Å². The molecule has 0 fully saturated rings. The average molecular weight is 471 g/mol. The van der Waals surface area contributed by atoms with Crippen LogP contribution in [0.3, 0.4) is 0 Å². The smallest absolute Gasteiger partial charge is 0.279 e. The number of rotatable bonds is 3. The third-order valence-corrected chi connectivity index (χ3v) is 5.75. The lowest BCUT2D eigenvalue weighted by Gasteiger charge is -2.26. The van der Waals surface area contributed by atoms with Gasteiger partial charge in [0.05, 0.1) is 17.3 Å². The van der Waals surface area contributed by atoms with Crippen LogP contribution in [0, 0.1) is 17.5 Å². The van der Waals surface area contributed by atoms with E-state index in [4.69, 9.17) is 11.6 Å². The van der Waals surface area contributed by atoms with Crippen LogP contribution in [0.15, 0.2) is 41.0 Å². The number of carbonyl (C=O) groups is 1. The van der Waals surface area contributed by atoms with E-state index in [-0.39, 0.29) is 35.1 Å². The van der Waals surface area contributed by atoms with Crippen LogP contribution in [0.5, 0.6) is 0 Å². The Bertz CT molecular complexity index is 1100. The summed E-state index contributed by atoms with van der Waals surface area (Å²) in [5, 5.41) is 4.18. The van der Waals surface area contributed by atoms with Gasteiger partial charge in [0, 0.05) is 17.7 Å². The SMILES string of the molecule is O=C1c2nn(Cc3cc(F)ccc3F)c(Br)c2CCN1c1cccc(Cl)c1F. The minimum absolute atomic E-state index is 0.0595. The first kappa shape index (κ1) is 19.0. The largest absolute Gasteiger partial charge is 0.304 e. The Morgan fingerprint density at radius 1 is 1.18 bits per heavy atom. The van der Waals surface area contributed by atoms with Crippen LogP contribution in [-0.2, 0) is 13.0 Å². The molecule has 3 aromatic rings. The van der Waals surface area contributed by atoms with Gasteiger partial charge in [-0.1, -0.05) is 17.7 Å². The Morgan fingerprint density at radius 2 is 1.96 bits per heavy atom. The molecule has 0 spiro atoms. The van der Waals surface area contributed by atoms with E-state index in [0.29, 0.717) is 16.6 Å². The number of hydrogen-bond donors (Lipinski definition) is 0. The number of nitrogens with zero attached hydrogens (tertiary/aromatic N) is 3. The number of hydrogen-bond acceptors (Lipinski definition) is 2. The van der Waals surface area contributed by atoms with Gasteiger partial charge in [0.1, 0.15) is 16.2 Å². The van der Waals surface area contributed by atoms with E-state index in [1.54, 1.807) is 6.07 Å². The summed E-state index contributed by atoms with van der Waals surface area (Å²) in [5.41, 5.74) is 0.950. The quantitative estimate of drug-likeness (QED) is 0.542. The van der Waals surface area contributed by atoms with Crippen LogP contribution < -0.4 is 4.90 Å². The summed E-state index contributed by atoms with van der Waals surface area (Å²) in [6.45, 7) is 0.178. The molecule has 0 unspecified atom stereocenters.